The first-order valence-corrected chi connectivity index (χ1v) is 15.8. The molecule has 0 aliphatic carbocycles. The van der Waals surface area contributed by atoms with E-state index in [2.05, 4.69) is 50.9 Å². The zero-order valence-electron chi connectivity index (χ0n) is 19.2. The van der Waals surface area contributed by atoms with Crippen LogP contribution in [0.15, 0.2) is 30.0 Å². The van der Waals surface area contributed by atoms with Crippen molar-refractivity contribution < 1.29 is 4.74 Å². The lowest BCUT2D eigenvalue weighted by Gasteiger charge is -2.25. The molecule has 1 unspecified atom stereocenters. The Kier molecular flexibility index (Phi) is 6.81. The second-order valence-electron chi connectivity index (χ2n) is 9.88. The number of aromatic amines is 1. The van der Waals surface area contributed by atoms with Crippen molar-refractivity contribution in [3.05, 3.63) is 30.0 Å². The van der Waals surface area contributed by atoms with Crippen LogP contribution in [0.25, 0.3) is 21.6 Å². The fraction of sp³-hybridized carbons (Fsp3) is 0.565. The number of H-pyrrole nitrogens is 1. The smallest absolute Gasteiger partial charge is 0.140 e. The zero-order valence-corrected chi connectivity index (χ0v) is 21.0. The van der Waals surface area contributed by atoms with Crippen molar-refractivity contribution in [2.24, 2.45) is 0 Å². The normalized spacial score (nSPS) is 21.1. The molecule has 2 saturated heterocycles. The van der Waals surface area contributed by atoms with Gasteiger partial charge in [0.05, 0.1) is 11.1 Å². The average Bonchev–Trinajstić information content (AvgIpc) is 3.54. The van der Waals surface area contributed by atoms with Crippen molar-refractivity contribution in [3.8, 4) is 10.6 Å². The summed E-state index contributed by atoms with van der Waals surface area (Å²) < 4.78 is 4.95. The van der Waals surface area contributed by atoms with Crippen LogP contribution < -0.4 is 10.2 Å². The van der Waals surface area contributed by atoms with Crippen LogP contribution in [0.4, 0.5) is 5.69 Å². The van der Waals surface area contributed by atoms with Crippen LogP contribution in [-0.4, -0.2) is 61.9 Å². The topological polar surface area (TPSA) is 66.1 Å². The van der Waals surface area contributed by atoms with Gasteiger partial charge in [-0.2, -0.15) is 0 Å². The number of anilines is 1. The van der Waals surface area contributed by atoms with Crippen LogP contribution in [-0.2, 0) is 4.74 Å². The summed E-state index contributed by atoms with van der Waals surface area (Å²) in [6.45, 7) is 11.4. The summed E-state index contributed by atoms with van der Waals surface area (Å²) in [5.41, 5.74) is 3.73. The van der Waals surface area contributed by atoms with Gasteiger partial charge >= 0.3 is 0 Å². The van der Waals surface area contributed by atoms with Gasteiger partial charge in [-0.15, -0.1) is 11.3 Å². The van der Waals surface area contributed by atoms with E-state index in [4.69, 9.17) is 4.74 Å². The third-order valence-electron chi connectivity index (χ3n) is 6.30. The number of rotatable bonds is 5. The van der Waals surface area contributed by atoms with Gasteiger partial charge in [-0.1, -0.05) is 19.6 Å². The number of aromatic nitrogens is 3. The predicted molar refractivity (Wildman–Crippen MR) is 134 cm³/mol. The summed E-state index contributed by atoms with van der Waals surface area (Å²) in [6.07, 6.45) is 9.64. The molecule has 3 aromatic rings. The van der Waals surface area contributed by atoms with Gasteiger partial charge < -0.3 is 19.9 Å². The summed E-state index contributed by atoms with van der Waals surface area (Å²) in [6, 6.07) is 3.44. The van der Waals surface area contributed by atoms with E-state index >= 15 is 0 Å². The quantitative estimate of drug-likeness (QED) is 0.528. The SMILES string of the molecule is COCC[Si](C)(C)C.c1csc(-c2c[nH]c3nccc(N4CCC5(CCCN5)C4)c23)n1. The molecule has 1 spiro atoms. The molecule has 1 atom stereocenters. The monoisotopic (exact) mass is 457 g/mol. The molecule has 5 rings (SSSR count). The Morgan fingerprint density at radius 2 is 2.10 bits per heavy atom. The molecule has 168 valence electrons. The van der Waals surface area contributed by atoms with E-state index in [0.29, 0.717) is 5.54 Å². The van der Waals surface area contributed by atoms with E-state index in [1.807, 2.05) is 24.0 Å². The minimum atomic E-state index is -0.803. The Morgan fingerprint density at radius 1 is 1.23 bits per heavy atom. The van der Waals surface area contributed by atoms with Gasteiger partial charge in [-0.3, -0.25) is 0 Å². The first kappa shape index (κ1) is 22.5. The van der Waals surface area contributed by atoms with Crippen LogP contribution in [0.5, 0.6) is 0 Å². The maximum absolute atomic E-state index is 4.95. The van der Waals surface area contributed by atoms with Gasteiger partial charge in [0.2, 0.25) is 0 Å². The molecular weight excluding hydrogens is 422 g/mol. The molecule has 0 bridgehead atoms. The van der Waals surface area contributed by atoms with Crippen molar-refractivity contribution in [1.29, 1.82) is 0 Å². The Labute approximate surface area is 190 Å². The molecule has 3 aromatic heterocycles. The molecule has 0 saturated carbocycles. The fourth-order valence-corrected chi connectivity index (χ4v) is 6.01. The van der Waals surface area contributed by atoms with Crippen molar-refractivity contribution in [2.75, 3.05) is 38.3 Å². The maximum Gasteiger partial charge on any atom is 0.140 e. The van der Waals surface area contributed by atoms with E-state index in [1.54, 1.807) is 18.4 Å². The highest BCUT2D eigenvalue weighted by Gasteiger charge is 2.40. The molecule has 8 heteroatoms. The van der Waals surface area contributed by atoms with Crippen LogP contribution in [0, 0.1) is 0 Å². The third kappa shape index (κ3) is 5.19. The standard InChI is InChI=1S/C17H19N5S.C6H16OSi/c1-3-17(21-5-1)4-8-22(11-17)13-2-6-18-15-14(13)12(10-20-15)16-19-7-9-23-16;1-7-5-6-8(2,3)4/h2,6-7,9-10,21H,1,3-5,8,11H2,(H,18,20);5-6H2,1-4H3. The molecule has 2 aliphatic heterocycles. The van der Waals surface area contributed by atoms with Crippen molar-refractivity contribution in [2.45, 2.75) is 50.5 Å². The number of pyridine rings is 1. The van der Waals surface area contributed by atoms with Crippen LogP contribution in [0.2, 0.25) is 25.7 Å². The number of hydrogen-bond acceptors (Lipinski definition) is 6. The van der Waals surface area contributed by atoms with Crippen LogP contribution >= 0.6 is 11.3 Å². The molecule has 2 fully saturated rings. The Bertz CT molecular complexity index is 976. The lowest BCUT2D eigenvalue weighted by atomic mass is 9.97. The Balaban J connectivity index is 0.000000250. The first-order chi connectivity index (χ1) is 14.9. The average molecular weight is 458 g/mol. The molecular formula is C23H35N5OSSi. The van der Waals surface area contributed by atoms with Crippen molar-refractivity contribution >= 4 is 36.1 Å². The lowest BCUT2D eigenvalue weighted by Crippen LogP contribution is -2.42. The van der Waals surface area contributed by atoms with E-state index in [-0.39, 0.29) is 0 Å². The highest BCUT2D eigenvalue weighted by Crippen LogP contribution is 2.39. The van der Waals surface area contributed by atoms with Crippen molar-refractivity contribution in [1.82, 2.24) is 20.3 Å². The highest BCUT2D eigenvalue weighted by molar-refractivity contribution is 7.13. The lowest BCUT2D eigenvalue weighted by molar-refractivity contribution is 0.214. The summed E-state index contributed by atoms with van der Waals surface area (Å²) >= 11 is 1.68. The summed E-state index contributed by atoms with van der Waals surface area (Å²) in [7, 11) is 0.961. The molecule has 5 heterocycles. The maximum atomic E-state index is 4.95. The molecule has 6 nitrogen and oxygen atoms in total. The number of methoxy groups -OCH3 is 1. The molecule has 0 radical (unpaired) electrons. The number of thiazole rings is 1. The van der Waals surface area contributed by atoms with Gasteiger partial charge in [-0.05, 0) is 37.9 Å². The number of hydrogen-bond donors (Lipinski definition) is 2. The molecule has 2 aliphatic rings. The van der Waals surface area contributed by atoms with E-state index in [0.717, 1.165) is 36.9 Å². The first-order valence-electron chi connectivity index (χ1n) is 11.3. The van der Waals surface area contributed by atoms with E-state index < -0.39 is 8.07 Å². The number of nitrogens with zero attached hydrogens (tertiary/aromatic N) is 3. The minimum Gasteiger partial charge on any atom is -0.385 e. The summed E-state index contributed by atoms with van der Waals surface area (Å²) in [4.78, 5) is 14.8. The fourth-order valence-electron chi connectivity index (χ4n) is 4.53. The van der Waals surface area contributed by atoms with Crippen LogP contribution in [0.3, 0.4) is 0 Å². The van der Waals surface area contributed by atoms with E-state index in [1.165, 1.54) is 41.9 Å². The van der Waals surface area contributed by atoms with Crippen LogP contribution in [0.1, 0.15) is 19.3 Å². The van der Waals surface area contributed by atoms with Gasteiger partial charge in [-0.25, -0.2) is 9.97 Å². The van der Waals surface area contributed by atoms with Gasteiger partial charge in [0, 0.05) is 70.0 Å². The zero-order chi connectivity index (χ0) is 21.9. The highest BCUT2D eigenvalue weighted by atomic mass is 32.1. The second kappa shape index (κ2) is 9.40. The summed E-state index contributed by atoms with van der Waals surface area (Å²) in [5, 5.41) is 8.03. The number of nitrogens with one attached hydrogen (secondary N) is 2. The Morgan fingerprint density at radius 3 is 2.74 bits per heavy atom. The van der Waals surface area contributed by atoms with Gasteiger partial charge in [0.25, 0.3) is 0 Å². The molecule has 31 heavy (non-hydrogen) atoms. The van der Waals surface area contributed by atoms with E-state index in [9.17, 15) is 0 Å². The minimum absolute atomic E-state index is 0.327. The molecule has 0 aromatic carbocycles. The molecule has 2 N–H and O–H groups in total. The second-order valence-corrected chi connectivity index (χ2v) is 16.4. The van der Waals surface area contributed by atoms with Gasteiger partial charge in [0.15, 0.2) is 0 Å². The molecule has 0 amide bonds. The van der Waals surface area contributed by atoms with Gasteiger partial charge in [0.1, 0.15) is 10.7 Å². The summed E-state index contributed by atoms with van der Waals surface area (Å²) in [5.74, 6) is 0. The number of ether oxygens (including phenoxy) is 1. The largest absolute Gasteiger partial charge is 0.385 e. The predicted octanol–water partition coefficient (Wildman–Crippen LogP) is 4.99. The van der Waals surface area contributed by atoms with Crippen molar-refractivity contribution in [3.63, 3.8) is 0 Å². The number of fused-ring (bicyclic) bond motifs is 1. The third-order valence-corrected chi connectivity index (χ3v) is 8.81. The Hall–Kier alpha value is -1.74.